The predicted octanol–water partition coefficient (Wildman–Crippen LogP) is 3.54. The summed E-state index contributed by atoms with van der Waals surface area (Å²) >= 11 is 0. The predicted molar refractivity (Wildman–Crippen MR) is 60.9 cm³/mol. The quantitative estimate of drug-likeness (QED) is 0.611. The van der Waals surface area contributed by atoms with Crippen LogP contribution in [-0.4, -0.2) is 7.11 Å². The van der Waals surface area contributed by atoms with Crippen molar-refractivity contribution >= 4 is 0 Å². The second kappa shape index (κ2) is 5.28. The molecule has 0 heterocycles. The average molecular weight is 188 g/mol. The van der Waals surface area contributed by atoms with Gasteiger partial charge in [0.2, 0.25) is 0 Å². The maximum absolute atomic E-state index is 5.25. The smallest absolute Gasteiger partial charge is 0.122 e. The van der Waals surface area contributed by atoms with Crippen LogP contribution in [0.1, 0.15) is 12.8 Å². The Labute approximate surface area is 85.8 Å². The van der Waals surface area contributed by atoms with Crippen molar-refractivity contribution in [2.45, 2.75) is 12.8 Å². The van der Waals surface area contributed by atoms with Gasteiger partial charge in [-0.15, -0.1) is 0 Å². The van der Waals surface area contributed by atoms with Gasteiger partial charge in [0.1, 0.15) is 5.76 Å². The van der Waals surface area contributed by atoms with E-state index in [1.807, 2.05) is 24.3 Å². The zero-order valence-electron chi connectivity index (χ0n) is 8.62. The first-order valence-electron chi connectivity index (χ1n) is 4.70. The minimum atomic E-state index is 0.829. The molecule has 14 heavy (non-hydrogen) atoms. The van der Waals surface area contributed by atoms with Gasteiger partial charge in [-0.1, -0.05) is 37.5 Å². The number of ether oxygens (including phenoxy) is 1. The molecule has 0 aromatic carbocycles. The van der Waals surface area contributed by atoms with E-state index >= 15 is 0 Å². The third-order valence-corrected chi connectivity index (χ3v) is 2.06. The molecule has 1 aliphatic carbocycles. The molecule has 0 N–H and O–H groups in total. The van der Waals surface area contributed by atoms with Gasteiger partial charge in [-0.05, 0) is 30.1 Å². The summed E-state index contributed by atoms with van der Waals surface area (Å²) in [5, 5.41) is 0. The van der Waals surface area contributed by atoms with E-state index in [1.54, 1.807) is 7.11 Å². The minimum Gasteiger partial charge on any atom is -0.496 e. The minimum absolute atomic E-state index is 0.829. The average Bonchev–Trinajstić information content (AvgIpc) is 2.19. The van der Waals surface area contributed by atoms with Gasteiger partial charge in [-0.2, -0.15) is 0 Å². The molecule has 1 heteroatoms. The number of allylic oxidation sites excluding steroid dienone is 7. The van der Waals surface area contributed by atoms with Gasteiger partial charge >= 0.3 is 0 Å². The summed E-state index contributed by atoms with van der Waals surface area (Å²) in [5.74, 6) is 0.829. The first-order valence-corrected chi connectivity index (χ1v) is 4.70. The summed E-state index contributed by atoms with van der Waals surface area (Å²) in [6.45, 7) is 7.89. The first kappa shape index (κ1) is 10.6. The van der Waals surface area contributed by atoms with E-state index in [2.05, 4.69) is 19.2 Å². The van der Waals surface area contributed by atoms with Crippen molar-refractivity contribution in [1.82, 2.24) is 0 Å². The molecule has 0 atom stereocenters. The Balaban J connectivity index is 2.91. The van der Waals surface area contributed by atoms with Crippen LogP contribution in [0.15, 0.2) is 60.4 Å². The van der Waals surface area contributed by atoms with E-state index in [-0.39, 0.29) is 0 Å². The summed E-state index contributed by atoms with van der Waals surface area (Å²) in [6, 6.07) is 0. The van der Waals surface area contributed by atoms with Crippen LogP contribution in [0.2, 0.25) is 0 Å². The van der Waals surface area contributed by atoms with Crippen molar-refractivity contribution in [1.29, 1.82) is 0 Å². The summed E-state index contributed by atoms with van der Waals surface area (Å²) in [7, 11) is 1.66. The Morgan fingerprint density at radius 3 is 2.79 bits per heavy atom. The molecule has 0 aromatic rings. The molecule has 0 unspecified atom stereocenters. The summed E-state index contributed by atoms with van der Waals surface area (Å²) in [6.07, 6.45) is 11.9. The van der Waals surface area contributed by atoms with Crippen molar-refractivity contribution in [3.8, 4) is 0 Å². The molecular formula is C13H16O. The fraction of sp³-hybridized carbons (Fsp3) is 0.231. The molecular weight excluding hydrogens is 172 g/mol. The maximum atomic E-state index is 5.25. The third kappa shape index (κ3) is 3.09. The van der Waals surface area contributed by atoms with Crippen molar-refractivity contribution in [3.63, 3.8) is 0 Å². The highest BCUT2D eigenvalue weighted by Crippen LogP contribution is 2.18. The van der Waals surface area contributed by atoms with E-state index in [1.165, 1.54) is 0 Å². The van der Waals surface area contributed by atoms with Crippen molar-refractivity contribution < 1.29 is 4.74 Å². The Bertz CT molecular complexity index is 316. The number of hydrogen-bond donors (Lipinski definition) is 0. The summed E-state index contributed by atoms with van der Waals surface area (Å²) < 4.78 is 5.25. The fourth-order valence-electron chi connectivity index (χ4n) is 1.26. The Morgan fingerprint density at radius 2 is 2.07 bits per heavy atom. The molecule has 0 bridgehead atoms. The molecule has 1 rings (SSSR count). The molecule has 0 saturated carbocycles. The zero-order chi connectivity index (χ0) is 10.4. The third-order valence-electron chi connectivity index (χ3n) is 2.06. The van der Waals surface area contributed by atoms with Crippen LogP contribution in [0.3, 0.4) is 0 Å². The molecule has 1 aliphatic rings. The molecule has 0 saturated heterocycles. The Morgan fingerprint density at radius 1 is 1.29 bits per heavy atom. The van der Waals surface area contributed by atoms with Gasteiger partial charge in [-0.3, -0.25) is 0 Å². The molecule has 0 aliphatic heterocycles. The van der Waals surface area contributed by atoms with Crippen LogP contribution >= 0.6 is 0 Å². The van der Waals surface area contributed by atoms with E-state index in [0.29, 0.717) is 0 Å². The number of methoxy groups -OCH3 is 1. The lowest BCUT2D eigenvalue weighted by Crippen LogP contribution is -1.92. The van der Waals surface area contributed by atoms with Crippen LogP contribution in [0.4, 0.5) is 0 Å². The summed E-state index contributed by atoms with van der Waals surface area (Å²) in [4.78, 5) is 0. The van der Waals surface area contributed by atoms with Gasteiger partial charge in [0.15, 0.2) is 0 Å². The van der Waals surface area contributed by atoms with Crippen LogP contribution in [0.5, 0.6) is 0 Å². The lowest BCUT2D eigenvalue weighted by atomic mass is 10.1. The van der Waals surface area contributed by atoms with Crippen molar-refractivity contribution in [3.05, 3.63) is 60.4 Å². The van der Waals surface area contributed by atoms with Gasteiger partial charge < -0.3 is 4.74 Å². The molecule has 0 aromatic heterocycles. The van der Waals surface area contributed by atoms with Gasteiger partial charge in [0, 0.05) is 0 Å². The molecule has 1 nitrogen and oxygen atoms in total. The van der Waals surface area contributed by atoms with Crippen molar-refractivity contribution in [2.75, 3.05) is 7.11 Å². The molecule has 0 amide bonds. The van der Waals surface area contributed by atoms with E-state index in [9.17, 15) is 0 Å². The highest BCUT2D eigenvalue weighted by atomic mass is 16.5. The van der Waals surface area contributed by atoms with Crippen LogP contribution < -0.4 is 0 Å². The lowest BCUT2D eigenvalue weighted by Gasteiger charge is -2.09. The second-order valence-electron chi connectivity index (χ2n) is 3.22. The van der Waals surface area contributed by atoms with E-state index in [4.69, 9.17) is 4.74 Å². The van der Waals surface area contributed by atoms with Crippen LogP contribution in [0, 0.1) is 0 Å². The van der Waals surface area contributed by atoms with Gasteiger partial charge in [0.25, 0.3) is 0 Å². The number of hydrogen-bond acceptors (Lipinski definition) is 1. The van der Waals surface area contributed by atoms with Crippen molar-refractivity contribution in [2.24, 2.45) is 0 Å². The molecule has 0 radical (unpaired) electrons. The monoisotopic (exact) mass is 188 g/mol. The highest BCUT2D eigenvalue weighted by molar-refractivity contribution is 5.37. The van der Waals surface area contributed by atoms with E-state index in [0.717, 1.165) is 29.7 Å². The molecule has 74 valence electrons. The van der Waals surface area contributed by atoms with E-state index < -0.39 is 0 Å². The fourth-order valence-corrected chi connectivity index (χ4v) is 1.26. The van der Waals surface area contributed by atoms with Crippen LogP contribution in [-0.2, 0) is 4.74 Å². The standard InChI is InChI=1S/C13H16O/c1-11-8-6-4-5-7-9-12(2)13(10-11)14-3/h4-6,8,10H,1-2,7,9H2,3H3/b5-4-,8-6-,13-10?. The summed E-state index contributed by atoms with van der Waals surface area (Å²) in [5.41, 5.74) is 1.95. The Kier molecular flexibility index (Phi) is 3.99. The topological polar surface area (TPSA) is 9.23 Å². The molecule has 0 spiro atoms. The highest BCUT2D eigenvalue weighted by Gasteiger charge is 2.02. The SMILES string of the molecule is C=C1C=C(OC)C(=C)CC/C=C\C=C/1. The second-order valence-corrected chi connectivity index (χ2v) is 3.22. The zero-order valence-corrected chi connectivity index (χ0v) is 8.62. The Hall–Kier alpha value is -1.50. The van der Waals surface area contributed by atoms with Crippen LogP contribution in [0.25, 0.3) is 0 Å². The van der Waals surface area contributed by atoms with Gasteiger partial charge in [-0.25, -0.2) is 0 Å². The normalized spacial score (nSPS) is 22.5. The first-order chi connectivity index (χ1) is 6.74. The number of rotatable bonds is 1. The largest absolute Gasteiger partial charge is 0.496 e. The lowest BCUT2D eigenvalue weighted by molar-refractivity contribution is 0.298. The maximum Gasteiger partial charge on any atom is 0.122 e. The molecule has 0 fully saturated rings. The van der Waals surface area contributed by atoms with Gasteiger partial charge in [0.05, 0.1) is 7.11 Å².